The van der Waals surface area contributed by atoms with Gasteiger partial charge in [-0.05, 0) is 36.6 Å². The fourth-order valence-electron chi connectivity index (χ4n) is 1.67. The lowest BCUT2D eigenvalue weighted by Crippen LogP contribution is -2.24. The molecular formula is C13H21NO3S. The van der Waals surface area contributed by atoms with Gasteiger partial charge in [0.2, 0.25) is 10.0 Å². The van der Waals surface area contributed by atoms with Gasteiger partial charge in [-0.1, -0.05) is 20.3 Å². The van der Waals surface area contributed by atoms with Crippen LogP contribution in [0.3, 0.4) is 0 Å². The van der Waals surface area contributed by atoms with Crippen LogP contribution in [0.5, 0.6) is 5.75 Å². The van der Waals surface area contributed by atoms with Crippen molar-refractivity contribution in [3.05, 3.63) is 23.8 Å². The van der Waals surface area contributed by atoms with Gasteiger partial charge in [-0.25, -0.2) is 13.1 Å². The molecule has 0 bridgehead atoms. The summed E-state index contributed by atoms with van der Waals surface area (Å²) in [5, 5.41) is 0. The molecule has 0 spiro atoms. The summed E-state index contributed by atoms with van der Waals surface area (Å²) in [5.41, 5.74) is 0.899. The third-order valence-electron chi connectivity index (χ3n) is 2.77. The van der Waals surface area contributed by atoms with Crippen molar-refractivity contribution < 1.29 is 13.2 Å². The summed E-state index contributed by atoms with van der Waals surface area (Å²) >= 11 is 0. The van der Waals surface area contributed by atoms with Crippen molar-refractivity contribution in [2.24, 2.45) is 0 Å². The summed E-state index contributed by atoms with van der Waals surface area (Å²) in [6, 6.07) is 4.95. The number of rotatable bonds is 7. The minimum absolute atomic E-state index is 0.302. The van der Waals surface area contributed by atoms with E-state index in [4.69, 9.17) is 4.74 Å². The van der Waals surface area contributed by atoms with E-state index < -0.39 is 10.0 Å². The van der Waals surface area contributed by atoms with Gasteiger partial charge >= 0.3 is 0 Å². The summed E-state index contributed by atoms with van der Waals surface area (Å²) in [6.45, 7) is 4.47. The minimum Gasteiger partial charge on any atom is -0.496 e. The second-order valence-corrected chi connectivity index (χ2v) is 5.85. The number of sulfonamides is 1. The van der Waals surface area contributed by atoms with Crippen LogP contribution in [0, 0.1) is 0 Å². The van der Waals surface area contributed by atoms with E-state index in [-0.39, 0.29) is 0 Å². The normalized spacial score (nSPS) is 11.5. The first-order chi connectivity index (χ1) is 8.55. The lowest BCUT2D eigenvalue weighted by atomic mass is 10.1. The Morgan fingerprint density at radius 1 is 1.28 bits per heavy atom. The maximum atomic E-state index is 12.0. The first kappa shape index (κ1) is 15.0. The molecule has 0 saturated heterocycles. The zero-order valence-electron chi connectivity index (χ0n) is 11.2. The highest BCUT2D eigenvalue weighted by atomic mass is 32.2. The van der Waals surface area contributed by atoms with E-state index in [1.807, 2.05) is 13.8 Å². The van der Waals surface area contributed by atoms with E-state index in [0.29, 0.717) is 11.4 Å². The van der Waals surface area contributed by atoms with Crippen LogP contribution in [0.4, 0.5) is 0 Å². The lowest BCUT2D eigenvalue weighted by molar-refractivity contribution is 0.409. The number of methoxy groups -OCH3 is 1. The molecule has 1 aromatic rings. The number of hydrogen-bond donors (Lipinski definition) is 1. The van der Waals surface area contributed by atoms with E-state index in [1.54, 1.807) is 25.3 Å². The van der Waals surface area contributed by atoms with Crippen molar-refractivity contribution in [2.45, 2.75) is 38.0 Å². The molecular weight excluding hydrogens is 250 g/mol. The average Bonchev–Trinajstić information content (AvgIpc) is 2.38. The van der Waals surface area contributed by atoms with Crippen LogP contribution in [-0.2, 0) is 16.4 Å². The van der Waals surface area contributed by atoms with Gasteiger partial charge in [0.25, 0.3) is 0 Å². The van der Waals surface area contributed by atoms with Gasteiger partial charge in [-0.2, -0.15) is 0 Å². The summed E-state index contributed by atoms with van der Waals surface area (Å²) in [4.78, 5) is 0.302. The van der Waals surface area contributed by atoms with Gasteiger partial charge in [0.15, 0.2) is 0 Å². The number of hydrogen-bond acceptors (Lipinski definition) is 3. The van der Waals surface area contributed by atoms with Gasteiger partial charge in [0.05, 0.1) is 12.0 Å². The predicted molar refractivity (Wildman–Crippen MR) is 72.5 cm³/mol. The highest BCUT2D eigenvalue weighted by molar-refractivity contribution is 7.89. The van der Waals surface area contributed by atoms with E-state index in [2.05, 4.69) is 4.72 Å². The highest BCUT2D eigenvalue weighted by Gasteiger charge is 2.15. The second-order valence-electron chi connectivity index (χ2n) is 4.08. The van der Waals surface area contributed by atoms with Crippen LogP contribution >= 0.6 is 0 Å². The largest absolute Gasteiger partial charge is 0.496 e. The average molecular weight is 271 g/mol. The molecule has 0 radical (unpaired) electrons. The van der Waals surface area contributed by atoms with Crippen LogP contribution in [-0.4, -0.2) is 22.1 Å². The predicted octanol–water partition coefficient (Wildman–Crippen LogP) is 2.34. The van der Waals surface area contributed by atoms with Crippen molar-refractivity contribution in [1.29, 1.82) is 0 Å². The number of nitrogens with one attached hydrogen (secondary N) is 1. The number of aryl methyl sites for hydroxylation is 1. The van der Waals surface area contributed by atoms with Crippen molar-refractivity contribution in [3.63, 3.8) is 0 Å². The van der Waals surface area contributed by atoms with Crippen molar-refractivity contribution >= 4 is 10.0 Å². The fraction of sp³-hybridized carbons (Fsp3) is 0.538. The van der Waals surface area contributed by atoms with Crippen LogP contribution in [0.1, 0.15) is 32.3 Å². The Kier molecular flexibility index (Phi) is 5.62. The molecule has 1 aromatic carbocycles. The molecule has 4 nitrogen and oxygen atoms in total. The van der Waals surface area contributed by atoms with Gasteiger partial charge in [-0.3, -0.25) is 0 Å². The quantitative estimate of drug-likeness (QED) is 0.774. The fourth-order valence-corrected chi connectivity index (χ4v) is 2.79. The number of ether oxygens (including phenoxy) is 1. The van der Waals surface area contributed by atoms with E-state index in [0.717, 1.165) is 30.6 Å². The zero-order chi connectivity index (χ0) is 13.6. The summed E-state index contributed by atoms with van der Waals surface area (Å²) in [5.74, 6) is 0.727. The summed E-state index contributed by atoms with van der Waals surface area (Å²) < 4.78 is 31.8. The van der Waals surface area contributed by atoms with E-state index >= 15 is 0 Å². The van der Waals surface area contributed by atoms with E-state index in [1.165, 1.54) is 0 Å². The molecule has 0 aliphatic carbocycles. The van der Waals surface area contributed by atoms with Crippen LogP contribution < -0.4 is 9.46 Å². The first-order valence-corrected chi connectivity index (χ1v) is 7.70. The van der Waals surface area contributed by atoms with Crippen molar-refractivity contribution in [3.8, 4) is 5.75 Å². The monoisotopic (exact) mass is 271 g/mol. The highest BCUT2D eigenvalue weighted by Crippen LogP contribution is 2.22. The number of benzene rings is 1. The Morgan fingerprint density at radius 2 is 2.00 bits per heavy atom. The summed E-state index contributed by atoms with van der Waals surface area (Å²) in [6.07, 6.45) is 2.54. The minimum atomic E-state index is -3.40. The Labute approximate surface area is 109 Å². The molecule has 1 rings (SSSR count). The molecule has 5 heteroatoms. The summed E-state index contributed by atoms with van der Waals surface area (Å²) in [7, 11) is -1.81. The molecule has 0 amide bonds. The van der Waals surface area contributed by atoms with Gasteiger partial charge in [0.1, 0.15) is 5.75 Å². The Balaban J connectivity index is 2.95. The molecule has 0 unspecified atom stereocenters. The second kappa shape index (κ2) is 6.75. The van der Waals surface area contributed by atoms with Crippen molar-refractivity contribution in [2.75, 3.05) is 13.7 Å². The molecule has 0 saturated carbocycles. The Morgan fingerprint density at radius 3 is 2.56 bits per heavy atom. The molecule has 18 heavy (non-hydrogen) atoms. The van der Waals surface area contributed by atoms with Crippen LogP contribution in [0.15, 0.2) is 23.1 Å². The molecule has 1 N–H and O–H groups in total. The van der Waals surface area contributed by atoms with Gasteiger partial charge in [-0.15, -0.1) is 0 Å². The maximum absolute atomic E-state index is 12.0. The third-order valence-corrected chi connectivity index (χ3v) is 4.22. The molecule has 0 heterocycles. The third kappa shape index (κ3) is 3.71. The smallest absolute Gasteiger partial charge is 0.240 e. The first-order valence-electron chi connectivity index (χ1n) is 6.21. The van der Waals surface area contributed by atoms with E-state index in [9.17, 15) is 8.42 Å². The molecule has 0 aromatic heterocycles. The topological polar surface area (TPSA) is 55.4 Å². The Hall–Kier alpha value is -1.07. The number of unbranched alkanes of at least 4 members (excludes halogenated alkanes) is 1. The van der Waals surface area contributed by atoms with Crippen molar-refractivity contribution in [1.82, 2.24) is 4.72 Å². The standard InChI is InChI=1S/C13H21NO3S/c1-4-6-9-14-18(15,16)12-7-8-13(17-3)11(5-2)10-12/h7-8,10,14H,4-6,9H2,1-3H3. The van der Waals surface area contributed by atoms with Crippen LogP contribution in [0.2, 0.25) is 0 Å². The molecule has 0 aliphatic heterocycles. The Bertz CT molecular complexity index is 483. The molecule has 0 aliphatic rings. The van der Waals surface area contributed by atoms with Gasteiger partial charge < -0.3 is 4.74 Å². The lowest BCUT2D eigenvalue weighted by Gasteiger charge is -2.10. The van der Waals surface area contributed by atoms with Crippen LogP contribution in [0.25, 0.3) is 0 Å². The molecule has 0 atom stereocenters. The SMILES string of the molecule is CCCCNS(=O)(=O)c1ccc(OC)c(CC)c1. The molecule has 102 valence electrons. The van der Waals surface area contributed by atoms with Gasteiger partial charge in [0, 0.05) is 6.54 Å². The molecule has 0 fully saturated rings. The maximum Gasteiger partial charge on any atom is 0.240 e. The zero-order valence-corrected chi connectivity index (χ0v) is 12.0.